The molecule has 0 spiro atoms. The van der Waals surface area contributed by atoms with E-state index in [9.17, 15) is 0 Å². The van der Waals surface area contributed by atoms with Crippen molar-refractivity contribution in [3.63, 3.8) is 0 Å². The molecule has 1 atom stereocenters. The molecule has 0 amide bonds. The third kappa shape index (κ3) is 6.58. The van der Waals surface area contributed by atoms with Gasteiger partial charge in [-0.2, -0.15) is 0 Å². The number of hydrogen-bond donors (Lipinski definition) is 1. The van der Waals surface area contributed by atoms with Gasteiger partial charge in [-0.25, -0.2) is 0 Å². The topological polar surface area (TPSA) is 24.5 Å². The molecule has 1 unspecified atom stereocenters. The van der Waals surface area contributed by atoms with E-state index in [1.54, 1.807) is 7.11 Å². The first-order chi connectivity index (χ1) is 5.70. The summed E-state index contributed by atoms with van der Waals surface area (Å²) < 4.78 is 4.96. The average Bonchev–Trinajstić information content (AvgIpc) is 2.05. The fourth-order valence-corrected chi connectivity index (χ4v) is 1.07. The molecule has 12 heavy (non-hydrogen) atoms. The van der Waals surface area contributed by atoms with Crippen LogP contribution in [0.3, 0.4) is 0 Å². The summed E-state index contributed by atoms with van der Waals surface area (Å²) in [6, 6.07) is 0.590. The molecule has 0 aliphatic carbocycles. The fourth-order valence-electron chi connectivity index (χ4n) is 1.07. The van der Waals surface area contributed by atoms with Crippen LogP contribution in [0.4, 0.5) is 0 Å². The molecule has 74 valence electrons. The molecular weight excluding hydrogens is 152 g/mol. The van der Waals surface area contributed by atoms with Gasteiger partial charge in [0.2, 0.25) is 0 Å². The van der Waals surface area contributed by atoms with Crippen LogP contribution < -0.4 is 5.32 Å². The smallest absolute Gasteiger partial charge is 0.0963 e. The van der Waals surface area contributed by atoms with E-state index in [4.69, 9.17) is 4.74 Å². The van der Waals surface area contributed by atoms with E-state index in [0.29, 0.717) is 12.8 Å². The van der Waals surface area contributed by atoms with E-state index in [0.717, 1.165) is 13.0 Å². The van der Waals surface area contributed by atoms with Gasteiger partial charge >= 0.3 is 0 Å². The Morgan fingerprint density at radius 2 is 2.08 bits per heavy atom. The minimum Gasteiger partial charge on any atom is -0.370 e. The molecule has 3 heteroatoms. The molecule has 0 aliphatic heterocycles. The van der Waals surface area contributed by atoms with Crippen LogP contribution in [-0.4, -0.2) is 45.4 Å². The maximum Gasteiger partial charge on any atom is 0.0963 e. The molecule has 0 rings (SSSR count). The van der Waals surface area contributed by atoms with Crippen LogP contribution in [-0.2, 0) is 4.74 Å². The highest BCUT2D eigenvalue weighted by Gasteiger charge is 2.04. The van der Waals surface area contributed by atoms with Gasteiger partial charge in [-0.1, -0.05) is 6.92 Å². The molecule has 0 fully saturated rings. The maximum absolute atomic E-state index is 4.96. The van der Waals surface area contributed by atoms with Crippen LogP contribution in [0, 0.1) is 0 Å². The second kappa shape index (κ2) is 7.53. The van der Waals surface area contributed by atoms with Crippen molar-refractivity contribution < 1.29 is 4.74 Å². The van der Waals surface area contributed by atoms with Crippen molar-refractivity contribution >= 4 is 0 Å². The van der Waals surface area contributed by atoms with Gasteiger partial charge in [0.15, 0.2) is 0 Å². The Morgan fingerprint density at radius 3 is 2.50 bits per heavy atom. The van der Waals surface area contributed by atoms with Crippen molar-refractivity contribution in [2.45, 2.75) is 25.8 Å². The number of nitrogens with zero attached hydrogens (tertiary/aromatic N) is 1. The third-order valence-electron chi connectivity index (χ3n) is 1.93. The van der Waals surface area contributed by atoms with Crippen LogP contribution in [0.1, 0.15) is 19.8 Å². The fraction of sp³-hybridized carbons (Fsp3) is 1.00. The molecule has 0 saturated carbocycles. The quantitative estimate of drug-likeness (QED) is 0.581. The van der Waals surface area contributed by atoms with Crippen molar-refractivity contribution in [2.24, 2.45) is 0 Å². The summed E-state index contributed by atoms with van der Waals surface area (Å²) in [7, 11) is 5.91. The Morgan fingerprint density at radius 1 is 1.42 bits per heavy atom. The summed E-state index contributed by atoms with van der Waals surface area (Å²) in [6.45, 7) is 3.99. The van der Waals surface area contributed by atoms with Crippen LogP contribution in [0.5, 0.6) is 0 Å². The van der Waals surface area contributed by atoms with Crippen LogP contribution in [0.25, 0.3) is 0 Å². The Balaban J connectivity index is 3.39. The normalized spacial score (nSPS) is 13.8. The van der Waals surface area contributed by atoms with Gasteiger partial charge in [-0.3, -0.25) is 5.32 Å². The molecule has 0 aromatic rings. The van der Waals surface area contributed by atoms with Gasteiger partial charge in [0.1, 0.15) is 0 Å². The molecule has 0 aromatic carbocycles. The Bertz CT molecular complexity index is 96.5. The number of hydrogen-bond acceptors (Lipinski definition) is 3. The monoisotopic (exact) mass is 174 g/mol. The Labute approximate surface area is 76.1 Å². The number of nitrogens with one attached hydrogen (secondary N) is 1. The Kier molecular flexibility index (Phi) is 7.45. The van der Waals surface area contributed by atoms with E-state index >= 15 is 0 Å². The highest BCUT2D eigenvalue weighted by atomic mass is 16.5. The molecule has 0 aliphatic rings. The first-order valence-electron chi connectivity index (χ1n) is 4.57. The third-order valence-corrected chi connectivity index (χ3v) is 1.93. The van der Waals surface area contributed by atoms with Crippen LogP contribution >= 0.6 is 0 Å². The van der Waals surface area contributed by atoms with E-state index in [1.807, 2.05) is 0 Å². The summed E-state index contributed by atoms with van der Waals surface area (Å²) in [5.74, 6) is 0. The van der Waals surface area contributed by atoms with E-state index in [2.05, 4.69) is 31.2 Å². The van der Waals surface area contributed by atoms with Gasteiger partial charge in [-0.15, -0.1) is 0 Å². The summed E-state index contributed by atoms with van der Waals surface area (Å²) >= 11 is 0. The molecule has 0 heterocycles. The van der Waals surface area contributed by atoms with E-state index < -0.39 is 0 Å². The van der Waals surface area contributed by atoms with Crippen molar-refractivity contribution in [3.8, 4) is 0 Å². The Hall–Kier alpha value is -0.120. The second-order valence-corrected chi connectivity index (χ2v) is 3.33. The van der Waals surface area contributed by atoms with Gasteiger partial charge in [-0.05, 0) is 33.5 Å². The standard InChI is InChI=1S/C9H22N2O/c1-5-9(10-8-12-4)6-7-11(2)3/h9-10H,5-8H2,1-4H3. The molecule has 0 aromatic heterocycles. The SMILES string of the molecule is CCC(CCN(C)C)NCOC. The lowest BCUT2D eigenvalue weighted by Crippen LogP contribution is -2.33. The van der Waals surface area contributed by atoms with E-state index in [-0.39, 0.29) is 0 Å². The van der Waals surface area contributed by atoms with Crippen molar-refractivity contribution in [2.75, 3.05) is 34.5 Å². The largest absolute Gasteiger partial charge is 0.370 e. The predicted molar refractivity (Wildman–Crippen MR) is 52.3 cm³/mol. The lowest BCUT2D eigenvalue weighted by atomic mass is 10.1. The first kappa shape index (κ1) is 11.9. The van der Waals surface area contributed by atoms with Gasteiger partial charge in [0.25, 0.3) is 0 Å². The predicted octanol–water partition coefficient (Wildman–Crippen LogP) is 0.910. The summed E-state index contributed by atoms with van der Waals surface area (Å²) in [4.78, 5) is 2.21. The number of ether oxygens (including phenoxy) is 1. The van der Waals surface area contributed by atoms with Crippen molar-refractivity contribution in [1.29, 1.82) is 0 Å². The second-order valence-electron chi connectivity index (χ2n) is 3.33. The molecule has 0 radical (unpaired) electrons. The molecule has 0 saturated heterocycles. The highest BCUT2D eigenvalue weighted by molar-refractivity contribution is 4.63. The van der Waals surface area contributed by atoms with Gasteiger partial charge in [0, 0.05) is 13.2 Å². The summed E-state index contributed by atoms with van der Waals surface area (Å²) in [6.07, 6.45) is 2.35. The van der Waals surface area contributed by atoms with Crippen molar-refractivity contribution in [3.05, 3.63) is 0 Å². The molecular formula is C9H22N2O. The zero-order valence-corrected chi connectivity index (χ0v) is 8.76. The number of methoxy groups -OCH3 is 1. The number of rotatable bonds is 7. The van der Waals surface area contributed by atoms with Crippen LogP contribution in [0.15, 0.2) is 0 Å². The van der Waals surface area contributed by atoms with Gasteiger partial charge in [0.05, 0.1) is 6.73 Å². The lowest BCUT2D eigenvalue weighted by Gasteiger charge is -2.18. The van der Waals surface area contributed by atoms with E-state index in [1.165, 1.54) is 6.42 Å². The molecule has 1 N–H and O–H groups in total. The minimum atomic E-state index is 0.590. The highest BCUT2D eigenvalue weighted by Crippen LogP contribution is 1.97. The zero-order chi connectivity index (χ0) is 9.40. The lowest BCUT2D eigenvalue weighted by molar-refractivity contribution is 0.158. The first-order valence-corrected chi connectivity index (χ1v) is 4.57. The zero-order valence-electron chi connectivity index (χ0n) is 8.76. The van der Waals surface area contributed by atoms with Gasteiger partial charge < -0.3 is 9.64 Å². The van der Waals surface area contributed by atoms with Crippen molar-refractivity contribution in [1.82, 2.24) is 10.2 Å². The average molecular weight is 174 g/mol. The summed E-state index contributed by atoms with van der Waals surface area (Å²) in [5, 5.41) is 3.33. The maximum atomic E-state index is 4.96. The molecule has 0 bridgehead atoms. The summed E-state index contributed by atoms with van der Waals surface area (Å²) in [5.41, 5.74) is 0. The van der Waals surface area contributed by atoms with Crippen LogP contribution in [0.2, 0.25) is 0 Å². The molecule has 3 nitrogen and oxygen atoms in total. The minimum absolute atomic E-state index is 0.590.